The fourth-order valence-electron chi connectivity index (χ4n) is 3.84. The Kier molecular flexibility index (Phi) is 6.35. The molecule has 0 aliphatic carbocycles. The number of sulfone groups is 1. The Labute approximate surface area is 199 Å². The number of hydrogen-bond donors (Lipinski definition) is 0. The van der Waals surface area contributed by atoms with Crippen LogP contribution in [0.3, 0.4) is 0 Å². The molecule has 10 heteroatoms. The molecule has 0 spiro atoms. The van der Waals surface area contributed by atoms with Gasteiger partial charge in [-0.3, -0.25) is 4.79 Å². The molecule has 1 unspecified atom stereocenters. The number of fused-ring (bicyclic) bond motifs is 1. The highest BCUT2D eigenvalue weighted by molar-refractivity contribution is 7.90. The number of carbonyl (C=O) groups is 1. The van der Waals surface area contributed by atoms with Crippen LogP contribution in [0.5, 0.6) is 5.75 Å². The van der Waals surface area contributed by atoms with Crippen LogP contribution in [0.1, 0.15) is 28.4 Å². The van der Waals surface area contributed by atoms with Crippen LogP contribution in [-0.2, 0) is 22.9 Å². The van der Waals surface area contributed by atoms with Gasteiger partial charge in [0.2, 0.25) is 0 Å². The van der Waals surface area contributed by atoms with Crippen LogP contribution in [0.2, 0.25) is 0 Å². The molecule has 0 aromatic heterocycles. The van der Waals surface area contributed by atoms with Gasteiger partial charge in [-0.25, -0.2) is 12.8 Å². The summed E-state index contributed by atoms with van der Waals surface area (Å²) in [6.45, 7) is 1.07. The summed E-state index contributed by atoms with van der Waals surface area (Å²) in [6, 6.07) is 14.7. The maximum Gasteiger partial charge on any atom is 0.425 e. The lowest BCUT2D eigenvalue weighted by molar-refractivity contribution is -0.189. The molecule has 3 aromatic carbocycles. The molecule has 0 fully saturated rings. The van der Waals surface area contributed by atoms with Gasteiger partial charge in [-0.1, -0.05) is 30.3 Å². The SMILES string of the molecule is CC(Oc1ccc(S(C)(=O)=O)cc1C(=O)N1Cc2ccc(-c3ccccc3F)cc2C1)C(F)(F)F. The molecule has 3 aromatic rings. The lowest BCUT2D eigenvalue weighted by Crippen LogP contribution is -2.32. The second kappa shape index (κ2) is 8.99. The number of alkyl halides is 3. The Morgan fingerprint density at radius 3 is 2.34 bits per heavy atom. The van der Waals surface area contributed by atoms with E-state index in [2.05, 4.69) is 0 Å². The van der Waals surface area contributed by atoms with Crippen molar-refractivity contribution in [2.75, 3.05) is 6.26 Å². The molecule has 1 amide bonds. The van der Waals surface area contributed by atoms with Gasteiger partial charge in [0.1, 0.15) is 11.6 Å². The molecule has 0 bridgehead atoms. The fraction of sp³-hybridized carbons (Fsp3) is 0.240. The minimum atomic E-state index is -4.68. The Morgan fingerprint density at radius 2 is 1.69 bits per heavy atom. The molecule has 0 radical (unpaired) electrons. The topological polar surface area (TPSA) is 63.7 Å². The zero-order valence-electron chi connectivity index (χ0n) is 18.8. The smallest absolute Gasteiger partial charge is 0.425 e. The summed E-state index contributed by atoms with van der Waals surface area (Å²) in [5, 5.41) is 0. The van der Waals surface area contributed by atoms with E-state index in [0.29, 0.717) is 11.1 Å². The zero-order valence-corrected chi connectivity index (χ0v) is 19.6. The van der Waals surface area contributed by atoms with E-state index >= 15 is 0 Å². The van der Waals surface area contributed by atoms with Crippen molar-refractivity contribution in [2.24, 2.45) is 0 Å². The largest absolute Gasteiger partial charge is 0.480 e. The molecule has 1 aliphatic rings. The molecule has 4 rings (SSSR count). The van der Waals surface area contributed by atoms with Gasteiger partial charge in [-0.05, 0) is 53.9 Å². The first kappa shape index (κ1) is 24.7. The standard InChI is InChI=1S/C25H21F4NO4S/c1-15(25(27,28)29)34-23-10-9-19(35(2,32)33)12-21(23)24(31)30-13-17-8-7-16(11-18(17)14-30)20-5-3-4-6-22(20)26/h3-12,15H,13-14H2,1-2H3. The van der Waals surface area contributed by atoms with Crippen LogP contribution < -0.4 is 4.74 Å². The quantitative estimate of drug-likeness (QED) is 0.435. The summed E-state index contributed by atoms with van der Waals surface area (Å²) in [4.78, 5) is 14.5. The van der Waals surface area contributed by atoms with E-state index in [1.165, 1.54) is 11.0 Å². The van der Waals surface area contributed by atoms with Crippen molar-refractivity contribution in [3.63, 3.8) is 0 Å². The highest BCUT2D eigenvalue weighted by atomic mass is 32.2. The van der Waals surface area contributed by atoms with Crippen LogP contribution in [0.4, 0.5) is 17.6 Å². The summed E-state index contributed by atoms with van der Waals surface area (Å²) < 4.78 is 82.5. The fourth-order valence-corrected chi connectivity index (χ4v) is 4.49. The second-order valence-electron chi connectivity index (χ2n) is 8.36. The van der Waals surface area contributed by atoms with E-state index in [1.54, 1.807) is 36.4 Å². The highest BCUT2D eigenvalue weighted by Crippen LogP contribution is 2.34. The lowest BCUT2D eigenvalue weighted by atomic mass is 10.0. The molecule has 5 nitrogen and oxygen atoms in total. The van der Waals surface area contributed by atoms with Gasteiger partial charge in [-0.15, -0.1) is 0 Å². The van der Waals surface area contributed by atoms with Gasteiger partial charge in [0.05, 0.1) is 10.5 Å². The first-order valence-corrected chi connectivity index (χ1v) is 12.5. The van der Waals surface area contributed by atoms with Crippen LogP contribution in [0, 0.1) is 5.82 Å². The van der Waals surface area contributed by atoms with Crippen molar-refractivity contribution in [2.45, 2.75) is 37.2 Å². The molecule has 184 valence electrons. The van der Waals surface area contributed by atoms with E-state index in [4.69, 9.17) is 4.74 Å². The van der Waals surface area contributed by atoms with E-state index in [-0.39, 0.29) is 29.3 Å². The van der Waals surface area contributed by atoms with Crippen molar-refractivity contribution < 1.29 is 35.5 Å². The highest BCUT2D eigenvalue weighted by Gasteiger charge is 2.39. The molecule has 0 saturated heterocycles. The Morgan fingerprint density at radius 1 is 1.00 bits per heavy atom. The van der Waals surface area contributed by atoms with E-state index in [0.717, 1.165) is 42.5 Å². The van der Waals surface area contributed by atoms with Crippen LogP contribution in [-0.4, -0.2) is 37.8 Å². The Hall–Kier alpha value is -3.40. The van der Waals surface area contributed by atoms with Crippen molar-refractivity contribution in [3.05, 3.63) is 83.2 Å². The number of hydrogen-bond acceptors (Lipinski definition) is 4. The van der Waals surface area contributed by atoms with Crippen molar-refractivity contribution in [3.8, 4) is 16.9 Å². The molecule has 1 heterocycles. The molecular formula is C25H21F4NO4S. The third kappa shape index (κ3) is 5.17. The number of carbonyl (C=O) groups excluding carboxylic acids is 1. The summed E-state index contributed by atoms with van der Waals surface area (Å²) >= 11 is 0. The maximum absolute atomic E-state index is 14.2. The number of halogens is 4. The Balaban J connectivity index is 1.66. The van der Waals surface area contributed by atoms with Crippen molar-refractivity contribution >= 4 is 15.7 Å². The predicted molar refractivity (Wildman–Crippen MR) is 121 cm³/mol. The summed E-state index contributed by atoms with van der Waals surface area (Å²) in [6.07, 6.45) is -5.95. The summed E-state index contributed by atoms with van der Waals surface area (Å²) in [7, 11) is -3.73. The van der Waals surface area contributed by atoms with E-state index in [9.17, 15) is 30.8 Å². The number of amides is 1. The van der Waals surface area contributed by atoms with Gasteiger partial charge in [0.15, 0.2) is 15.9 Å². The minimum Gasteiger partial charge on any atom is -0.480 e. The molecule has 0 N–H and O–H groups in total. The van der Waals surface area contributed by atoms with Crippen molar-refractivity contribution in [1.82, 2.24) is 4.90 Å². The number of benzene rings is 3. The van der Waals surface area contributed by atoms with E-state index < -0.39 is 33.8 Å². The summed E-state index contributed by atoms with van der Waals surface area (Å²) in [5.74, 6) is -1.43. The molecule has 0 saturated carbocycles. The average molecular weight is 508 g/mol. The number of nitrogens with zero attached hydrogens (tertiary/aromatic N) is 1. The molecule has 35 heavy (non-hydrogen) atoms. The first-order chi connectivity index (χ1) is 16.3. The van der Waals surface area contributed by atoms with Gasteiger partial charge in [0.25, 0.3) is 5.91 Å². The first-order valence-electron chi connectivity index (χ1n) is 10.6. The van der Waals surface area contributed by atoms with Gasteiger partial charge in [0, 0.05) is 24.9 Å². The van der Waals surface area contributed by atoms with Gasteiger partial charge < -0.3 is 9.64 Å². The predicted octanol–water partition coefficient (Wildman–Crippen LogP) is 5.38. The van der Waals surface area contributed by atoms with E-state index in [1.807, 2.05) is 0 Å². The van der Waals surface area contributed by atoms with Crippen LogP contribution in [0.15, 0.2) is 65.6 Å². The molecule has 1 atom stereocenters. The monoisotopic (exact) mass is 507 g/mol. The summed E-state index contributed by atoms with van der Waals surface area (Å²) in [5.41, 5.74) is 2.29. The van der Waals surface area contributed by atoms with Gasteiger partial charge in [-0.2, -0.15) is 13.2 Å². The maximum atomic E-state index is 14.2. The van der Waals surface area contributed by atoms with Crippen LogP contribution >= 0.6 is 0 Å². The average Bonchev–Trinajstić information content (AvgIpc) is 3.21. The third-order valence-corrected chi connectivity index (χ3v) is 6.89. The number of rotatable bonds is 5. The van der Waals surface area contributed by atoms with Crippen LogP contribution in [0.25, 0.3) is 11.1 Å². The molecule has 1 aliphatic heterocycles. The Bertz CT molecular complexity index is 1400. The third-order valence-electron chi connectivity index (χ3n) is 5.78. The van der Waals surface area contributed by atoms with Gasteiger partial charge >= 0.3 is 6.18 Å². The second-order valence-corrected chi connectivity index (χ2v) is 10.4. The lowest BCUT2D eigenvalue weighted by Gasteiger charge is -2.22. The van der Waals surface area contributed by atoms with Crippen molar-refractivity contribution in [1.29, 1.82) is 0 Å². The number of ether oxygens (including phenoxy) is 1. The molecular weight excluding hydrogens is 486 g/mol. The minimum absolute atomic E-state index is 0.119. The normalized spacial score (nSPS) is 14.5. The zero-order chi connectivity index (χ0) is 25.5.